The Morgan fingerprint density at radius 3 is 2.25 bits per heavy atom. The van der Waals surface area contributed by atoms with Gasteiger partial charge in [-0.3, -0.25) is 4.79 Å². The first-order valence-electron chi connectivity index (χ1n) is 4.29. The number of hydrogen-bond acceptors (Lipinski definition) is 3. The highest BCUT2D eigenvalue weighted by Crippen LogP contribution is 2.26. The average molecular weight is 172 g/mol. The smallest absolute Gasteiger partial charge is 0.311 e. The van der Waals surface area contributed by atoms with Gasteiger partial charge in [-0.1, -0.05) is 0 Å². The van der Waals surface area contributed by atoms with E-state index in [1.807, 2.05) is 20.8 Å². The third-order valence-corrected chi connectivity index (χ3v) is 1.96. The van der Waals surface area contributed by atoms with E-state index in [2.05, 4.69) is 0 Å². The molecule has 0 aliphatic heterocycles. The third-order valence-electron chi connectivity index (χ3n) is 1.96. The summed E-state index contributed by atoms with van der Waals surface area (Å²) in [6, 6.07) is 0. The molecule has 0 bridgehead atoms. The van der Waals surface area contributed by atoms with Gasteiger partial charge in [-0.25, -0.2) is 0 Å². The molecule has 12 heavy (non-hydrogen) atoms. The zero-order valence-corrected chi connectivity index (χ0v) is 7.83. The molecule has 3 heteroatoms. The minimum absolute atomic E-state index is 0.0493. The molecular formula is C9H16O3. The molecule has 0 aromatic carbocycles. The molecule has 0 aromatic rings. The summed E-state index contributed by atoms with van der Waals surface area (Å²) in [5.41, 5.74) is -0.430. The number of rotatable bonds is 1. The Bertz CT molecular complexity index is 175. The molecule has 1 fully saturated rings. The summed E-state index contributed by atoms with van der Waals surface area (Å²) in [6.07, 6.45) is 0.887. The predicted octanol–water partition coefficient (Wildman–Crippen LogP) is 1.10. The van der Waals surface area contributed by atoms with Crippen molar-refractivity contribution in [3.8, 4) is 0 Å². The van der Waals surface area contributed by atoms with E-state index in [9.17, 15) is 4.79 Å². The highest BCUT2D eigenvalue weighted by Gasteiger charge is 2.33. The van der Waals surface area contributed by atoms with Crippen LogP contribution in [0, 0.1) is 5.41 Å². The summed E-state index contributed by atoms with van der Waals surface area (Å²) in [4.78, 5) is 11.3. The zero-order chi connectivity index (χ0) is 9.35. The lowest BCUT2D eigenvalue weighted by Crippen LogP contribution is -2.39. The molecule has 3 nitrogen and oxygen atoms in total. The van der Waals surface area contributed by atoms with Crippen LogP contribution in [0.4, 0.5) is 0 Å². The average Bonchev–Trinajstić information content (AvgIpc) is 1.82. The molecule has 1 rings (SSSR count). The van der Waals surface area contributed by atoms with E-state index < -0.39 is 5.41 Å². The summed E-state index contributed by atoms with van der Waals surface area (Å²) in [5, 5.41) is 8.94. The summed E-state index contributed by atoms with van der Waals surface area (Å²) in [6.45, 7) is 5.47. The Kier molecular flexibility index (Phi) is 2.42. The van der Waals surface area contributed by atoms with Gasteiger partial charge in [0.1, 0.15) is 6.10 Å². The fraction of sp³-hybridized carbons (Fsp3) is 0.889. The van der Waals surface area contributed by atoms with Crippen LogP contribution in [0.15, 0.2) is 0 Å². The summed E-state index contributed by atoms with van der Waals surface area (Å²) in [5.74, 6) is -0.181. The van der Waals surface area contributed by atoms with E-state index in [-0.39, 0.29) is 18.2 Å². The Morgan fingerprint density at radius 1 is 1.42 bits per heavy atom. The summed E-state index contributed by atoms with van der Waals surface area (Å²) >= 11 is 0. The van der Waals surface area contributed by atoms with Crippen LogP contribution in [-0.4, -0.2) is 23.3 Å². The van der Waals surface area contributed by atoms with Crippen molar-refractivity contribution in [2.24, 2.45) is 5.41 Å². The van der Waals surface area contributed by atoms with Crippen LogP contribution in [-0.2, 0) is 9.53 Å². The summed E-state index contributed by atoms with van der Waals surface area (Å²) in [7, 11) is 0. The normalized spacial score (nSPS) is 29.3. The van der Waals surface area contributed by atoms with Crippen molar-refractivity contribution in [3.05, 3.63) is 0 Å². The van der Waals surface area contributed by atoms with Gasteiger partial charge in [0.25, 0.3) is 0 Å². The maximum atomic E-state index is 11.3. The quantitative estimate of drug-likeness (QED) is 0.602. The van der Waals surface area contributed by atoms with E-state index in [1.165, 1.54) is 0 Å². The molecule has 0 aromatic heterocycles. The molecule has 0 heterocycles. The van der Waals surface area contributed by atoms with Crippen molar-refractivity contribution in [1.29, 1.82) is 0 Å². The van der Waals surface area contributed by atoms with Gasteiger partial charge in [-0.2, -0.15) is 0 Å². The van der Waals surface area contributed by atoms with E-state index in [1.54, 1.807) is 0 Å². The zero-order valence-electron chi connectivity index (χ0n) is 7.83. The molecule has 1 aliphatic carbocycles. The van der Waals surface area contributed by atoms with Crippen LogP contribution < -0.4 is 0 Å². The molecule has 0 radical (unpaired) electrons. The standard InChI is InChI=1S/C9H16O3/c1-9(2,3)8(11)12-7-4-6(10)5-7/h6-7,10H,4-5H2,1-3H3. The van der Waals surface area contributed by atoms with Gasteiger partial charge in [0.15, 0.2) is 0 Å². The fourth-order valence-corrected chi connectivity index (χ4v) is 0.962. The van der Waals surface area contributed by atoms with Crippen LogP contribution >= 0.6 is 0 Å². The third kappa shape index (κ3) is 2.21. The number of aliphatic hydroxyl groups excluding tert-OH is 1. The van der Waals surface area contributed by atoms with Crippen molar-refractivity contribution in [1.82, 2.24) is 0 Å². The maximum absolute atomic E-state index is 11.3. The second kappa shape index (κ2) is 3.05. The van der Waals surface area contributed by atoms with Gasteiger partial charge in [-0.05, 0) is 20.8 Å². The van der Waals surface area contributed by atoms with Crippen LogP contribution in [0.1, 0.15) is 33.6 Å². The maximum Gasteiger partial charge on any atom is 0.311 e. The molecule has 0 spiro atoms. The first-order valence-corrected chi connectivity index (χ1v) is 4.29. The lowest BCUT2D eigenvalue weighted by molar-refractivity contribution is -0.168. The molecule has 70 valence electrons. The topological polar surface area (TPSA) is 46.5 Å². The second-order valence-corrected chi connectivity index (χ2v) is 4.40. The molecular weight excluding hydrogens is 156 g/mol. The van der Waals surface area contributed by atoms with E-state index in [0.29, 0.717) is 12.8 Å². The van der Waals surface area contributed by atoms with Crippen LogP contribution in [0.2, 0.25) is 0 Å². The summed E-state index contributed by atoms with van der Waals surface area (Å²) < 4.78 is 5.12. The molecule has 0 amide bonds. The van der Waals surface area contributed by atoms with Gasteiger partial charge in [0, 0.05) is 12.8 Å². The van der Waals surface area contributed by atoms with Crippen LogP contribution in [0.25, 0.3) is 0 Å². The second-order valence-electron chi connectivity index (χ2n) is 4.40. The minimum atomic E-state index is -0.430. The predicted molar refractivity (Wildman–Crippen MR) is 44.6 cm³/mol. The Morgan fingerprint density at radius 2 is 1.92 bits per heavy atom. The van der Waals surface area contributed by atoms with Gasteiger partial charge in [0.2, 0.25) is 0 Å². The SMILES string of the molecule is CC(C)(C)C(=O)OC1CC(O)C1. The monoisotopic (exact) mass is 172 g/mol. The molecule has 0 unspecified atom stereocenters. The van der Waals surface area contributed by atoms with Crippen molar-refractivity contribution >= 4 is 5.97 Å². The number of carbonyl (C=O) groups excluding carboxylic acids is 1. The van der Waals surface area contributed by atoms with E-state index >= 15 is 0 Å². The van der Waals surface area contributed by atoms with Crippen molar-refractivity contribution < 1.29 is 14.6 Å². The number of esters is 1. The van der Waals surface area contributed by atoms with Crippen LogP contribution in [0.3, 0.4) is 0 Å². The molecule has 1 saturated carbocycles. The first-order chi connectivity index (χ1) is 5.39. The minimum Gasteiger partial charge on any atom is -0.462 e. The lowest BCUT2D eigenvalue weighted by Gasteiger charge is -2.32. The number of aliphatic hydroxyl groups is 1. The largest absolute Gasteiger partial charge is 0.462 e. The van der Waals surface area contributed by atoms with Gasteiger partial charge in [0.05, 0.1) is 11.5 Å². The number of carbonyl (C=O) groups is 1. The van der Waals surface area contributed by atoms with E-state index in [4.69, 9.17) is 9.84 Å². The molecule has 0 saturated heterocycles. The van der Waals surface area contributed by atoms with Gasteiger partial charge >= 0.3 is 5.97 Å². The number of ether oxygens (including phenoxy) is 1. The van der Waals surface area contributed by atoms with Gasteiger partial charge < -0.3 is 9.84 Å². The Labute approximate surface area is 72.7 Å². The van der Waals surface area contributed by atoms with E-state index in [0.717, 1.165) is 0 Å². The Hall–Kier alpha value is -0.570. The Balaban J connectivity index is 2.28. The van der Waals surface area contributed by atoms with Crippen molar-refractivity contribution in [2.45, 2.75) is 45.8 Å². The van der Waals surface area contributed by atoms with Crippen molar-refractivity contribution in [2.75, 3.05) is 0 Å². The van der Waals surface area contributed by atoms with Crippen molar-refractivity contribution in [3.63, 3.8) is 0 Å². The molecule has 0 atom stereocenters. The highest BCUT2D eigenvalue weighted by molar-refractivity contribution is 5.75. The number of hydrogen-bond donors (Lipinski definition) is 1. The fourth-order valence-electron chi connectivity index (χ4n) is 0.962. The molecule has 1 aliphatic rings. The van der Waals surface area contributed by atoms with Gasteiger partial charge in [-0.15, -0.1) is 0 Å². The first kappa shape index (κ1) is 9.52. The van der Waals surface area contributed by atoms with Crippen LogP contribution in [0.5, 0.6) is 0 Å². The molecule has 1 N–H and O–H groups in total. The highest BCUT2D eigenvalue weighted by atomic mass is 16.5. The lowest BCUT2D eigenvalue weighted by atomic mass is 9.91.